The van der Waals surface area contributed by atoms with Crippen molar-refractivity contribution in [3.63, 3.8) is 0 Å². The number of hydrogen-bond acceptors (Lipinski definition) is 6. The molecular formula is C21H18FN5OS. The molecule has 2 heterocycles. The standard InChI is InChI=1S/C21H18FN5OS/c1-3-12-27-20(15-8-10-16(22)11-9-15)24-25-21(27)29-13-18-23-19(26-28-18)17-7-5-4-6-14(17)2/h3-11H,1,12-13H2,2H3. The molecule has 2 aromatic carbocycles. The summed E-state index contributed by atoms with van der Waals surface area (Å²) in [7, 11) is 0. The molecule has 0 unspecified atom stereocenters. The predicted molar refractivity (Wildman–Crippen MR) is 110 cm³/mol. The molecule has 0 atom stereocenters. The molecule has 4 rings (SSSR count). The molecule has 146 valence electrons. The van der Waals surface area contributed by atoms with Gasteiger partial charge < -0.3 is 4.52 Å². The molecule has 0 spiro atoms. The second kappa shape index (κ2) is 8.40. The van der Waals surface area contributed by atoms with E-state index in [0.717, 1.165) is 16.7 Å². The van der Waals surface area contributed by atoms with Crippen molar-refractivity contribution in [3.8, 4) is 22.8 Å². The van der Waals surface area contributed by atoms with Crippen LogP contribution in [0.25, 0.3) is 22.8 Å². The fraction of sp³-hybridized carbons (Fsp3) is 0.143. The maximum absolute atomic E-state index is 13.2. The summed E-state index contributed by atoms with van der Waals surface area (Å²) in [5.41, 5.74) is 2.82. The quantitative estimate of drug-likeness (QED) is 0.320. The molecule has 0 N–H and O–H groups in total. The molecule has 0 fully saturated rings. The van der Waals surface area contributed by atoms with Crippen LogP contribution in [0.3, 0.4) is 0 Å². The number of thioether (sulfide) groups is 1. The van der Waals surface area contributed by atoms with Gasteiger partial charge in [0.05, 0.1) is 5.75 Å². The van der Waals surface area contributed by atoms with Crippen LogP contribution in [0.5, 0.6) is 0 Å². The van der Waals surface area contributed by atoms with E-state index in [4.69, 9.17) is 4.52 Å². The minimum atomic E-state index is -0.293. The lowest BCUT2D eigenvalue weighted by atomic mass is 10.1. The summed E-state index contributed by atoms with van der Waals surface area (Å²) in [6.07, 6.45) is 1.77. The third-order valence-electron chi connectivity index (χ3n) is 4.31. The second-order valence-corrected chi connectivity index (χ2v) is 7.27. The van der Waals surface area contributed by atoms with Gasteiger partial charge in [0.15, 0.2) is 11.0 Å². The third kappa shape index (κ3) is 4.12. The van der Waals surface area contributed by atoms with Crippen molar-refractivity contribution in [1.29, 1.82) is 0 Å². The number of rotatable bonds is 7. The molecule has 2 aromatic heterocycles. The van der Waals surface area contributed by atoms with Crippen molar-refractivity contribution in [2.45, 2.75) is 24.4 Å². The summed E-state index contributed by atoms with van der Waals surface area (Å²) in [4.78, 5) is 4.49. The van der Waals surface area contributed by atoms with Crippen molar-refractivity contribution >= 4 is 11.8 Å². The van der Waals surface area contributed by atoms with Gasteiger partial charge in [-0.2, -0.15) is 4.98 Å². The Balaban J connectivity index is 1.54. The zero-order valence-electron chi connectivity index (χ0n) is 15.7. The summed E-state index contributed by atoms with van der Waals surface area (Å²) in [6, 6.07) is 14.1. The van der Waals surface area contributed by atoms with Gasteiger partial charge in [0.2, 0.25) is 11.7 Å². The first-order chi connectivity index (χ1) is 14.2. The maximum Gasteiger partial charge on any atom is 0.237 e. The van der Waals surface area contributed by atoms with Crippen LogP contribution in [-0.4, -0.2) is 24.9 Å². The molecule has 0 radical (unpaired) electrons. The van der Waals surface area contributed by atoms with E-state index in [2.05, 4.69) is 26.9 Å². The van der Waals surface area contributed by atoms with E-state index in [0.29, 0.717) is 35.0 Å². The van der Waals surface area contributed by atoms with Gasteiger partial charge in [0, 0.05) is 17.7 Å². The molecule has 0 aliphatic rings. The number of nitrogens with zero attached hydrogens (tertiary/aromatic N) is 5. The van der Waals surface area contributed by atoms with Gasteiger partial charge in [-0.3, -0.25) is 4.57 Å². The Bertz CT molecular complexity index is 1140. The lowest BCUT2D eigenvalue weighted by Crippen LogP contribution is -2.00. The Morgan fingerprint density at radius 3 is 2.69 bits per heavy atom. The van der Waals surface area contributed by atoms with E-state index in [9.17, 15) is 4.39 Å². The molecule has 6 nitrogen and oxygen atoms in total. The Labute approximate surface area is 171 Å². The SMILES string of the molecule is C=CCn1c(SCc2nc(-c3ccccc3C)no2)nnc1-c1ccc(F)cc1. The topological polar surface area (TPSA) is 69.6 Å². The molecule has 0 bridgehead atoms. The van der Waals surface area contributed by atoms with E-state index in [1.807, 2.05) is 35.8 Å². The normalized spacial score (nSPS) is 11.0. The monoisotopic (exact) mass is 407 g/mol. The summed E-state index contributed by atoms with van der Waals surface area (Å²) < 4.78 is 20.5. The highest BCUT2D eigenvalue weighted by Gasteiger charge is 2.16. The lowest BCUT2D eigenvalue weighted by molar-refractivity contribution is 0.391. The number of aryl methyl sites for hydroxylation is 1. The van der Waals surface area contributed by atoms with E-state index >= 15 is 0 Å². The van der Waals surface area contributed by atoms with Crippen molar-refractivity contribution < 1.29 is 8.91 Å². The van der Waals surface area contributed by atoms with Gasteiger partial charge in [-0.05, 0) is 36.8 Å². The van der Waals surface area contributed by atoms with Gasteiger partial charge >= 0.3 is 0 Å². The van der Waals surface area contributed by atoms with Gasteiger partial charge in [0.1, 0.15) is 5.82 Å². The zero-order chi connectivity index (χ0) is 20.2. The van der Waals surface area contributed by atoms with Crippen LogP contribution in [0.2, 0.25) is 0 Å². The summed E-state index contributed by atoms with van der Waals surface area (Å²) >= 11 is 1.44. The highest BCUT2D eigenvalue weighted by molar-refractivity contribution is 7.98. The average Bonchev–Trinajstić information content (AvgIpc) is 3.35. The minimum Gasteiger partial charge on any atom is -0.338 e. The number of benzene rings is 2. The van der Waals surface area contributed by atoms with Crippen molar-refractivity contribution in [2.75, 3.05) is 0 Å². The molecule has 0 saturated heterocycles. The van der Waals surface area contributed by atoms with Crippen molar-refractivity contribution in [3.05, 3.63) is 78.5 Å². The summed E-state index contributed by atoms with van der Waals surface area (Å²) in [6.45, 7) is 6.34. The Kier molecular flexibility index (Phi) is 5.53. The van der Waals surface area contributed by atoms with Gasteiger partial charge in [0.25, 0.3) is 0 Å². The van der Waals surface area contributed by atoms with Crippen LogP contribution in [0.15, 0.2) is 70.9 Å². The molecular weight excluding hydrogens is 389 g/mol. The highest BCUT2D eigenvalue weighted by atomic mass is 32.2. The Morgan fingerprint density at radius 2 is 1.93 bits per heavy atom. The molecule has 8 heteroatoms. The summed E-state index contributed by atoms with van der Waals surface area (Å²) in [5.74, 6) is 1.89. The molecule has 0 amide bonds. The highest BCUT2D eigenvalue weighted by Crippen LogP contribution is 2.27. The Morgan fingerprint density at radius 1 is 1.14 bits per heavy atom. The molecule has 0 aliphatic carbocycles. The van der Waals surface area contributed by atoms with Crippen molar-refractivity contribution in [1.82, 2.24) is 24.9 Å². The Hall–Kier alpha value is -3.26. The number of hydrogen-bond donors (Lipinski definition) is 0. The fourth-order valence-corrected chi connectivity index (χ4v) is 3.66. The van der Waals surface area contributed by atoms with E-state index in [-0.39, 0.29) is 5.82 Å². The first-order valence-electron chi connectivity index (χ1n) is 8.97. The first kappa shape index (κ1) is 19.1. The van der Waals surface area contributed by atoms with E-state index < -0.39 is 0 Å². The van der Waals surface area contributed by atoms with Crippen molar-refractivity contribution in [2.24, 2.45) is 0 Å². The number of aromatic nitrogens is 5. The zero-order valence-corrected chi connectivity index (χ0v) is 16.6. The van der Waals surface area contributed by atoms with Crippen LogP contribution in [0.1, 0.15) is 11.5 Å². The summed E-state index contributed by atoms with van der Waals surface area (Å²) in [5, 5.41) is 13.3. The minimum absolute atomic E-state index is 0.293. The van der Waals surface area contributed by atoms with E-state index in [1.54, 1.807) is 18.2 Å². The maximum atomic E-state index is 13.2. The second-order valence-electron chi connectivity index (χ2n) is 6.33. The van der Waals surface area contributed by atoms with E-state index in [1.165, 1.54) is 23.9 Å². The first-order valence-corrected chi connectivity index (χ1v) is 9.95. The van der Waals surface area contributed by atoms with Gasteiger partial charge in [-0.15, -0.1) is 16.8 Å². The largest absolute Gasteiger partial charge is 0.338 e. The lowest BCUT2D eigenvalue weighted by Gasteiger charge is -2.07. The van der Waals surface area contributed by atoms with Crippen LogP contribution < -0.4 is 0 Å². The average molecular weight is 407 g/mol. The fourth-order valence-electron chi connectivity index (χ4n) is 2.87. The third-order valence-corrected chi connectivity index (χ3v) is 5.26. The van der Waals surface area contributed by atoms with Crippen LogP contribution in [0.4, 0.5) is 4.39 Å². The van der Waals surface area contributed by atoms with Gasteiger partial charge in [-0.1, -0.05) is 47.3 Å². The smallest absolute Gasteiger partial charge is 0.237 e. The van der Waals surface area contributed by atoms with Crippen LogP contribution in [0, 0.1) is 12.7 Å². The van der Waals surface area contributed by atoms with Gasteiger partial charge in [-0.25, -0.2) is 4.39 Å². The molecule has 0 aliphatic heterocycles. The van der Waals surface area contributed by atoms with Crippen LogP contribution in [-0.2, 0) is 12.3 Å². The molecule has 4 aromatic rings. The molecule has 0 saturated carbocycles. The molecule has 29 heavy (non-hydrogen) atoms. The number of allylic oxidation sites excluding steroid dienone is 1. The van der Waals surface area contributed by atoms with Crippen LogP contribution >= 0.6 is 11.8 Å². The number of halogens is 1. The predicted octanol–water partition coefficient (Wildman–Crippen LogP) is 4.92.